The summed E-state index contributed by atoms with van der Waals surface area (Å²) in [5.41, 5.74) is 0. The monoisotopic (exact) mass is 867 g/mol. The van der Waals surface area contributed by atoms with Crippen LogP contribution in [-0.2, 0) is 28.6 Å². The molecule has 0 rings (SSSR count). The second kappa shape index (κ2) is 50.8. The third-order valence-electron chi connectivity index (χ3n) is 11.3. The second-order valence-electron chi connectivity index (χ2n) is 17.4. The molecule has 0 aliphatic carbocycles. The maximum absolute atomic E-state index is 12.8. The number of ether oxygens (including phenoxy) is 3. The molecule has 0 amide bonds. The molecule has 0 bridgehead atoms. The first-order valence-electron chi connectivity index (χ1n) is 26.3. The van der Waals surface area contributed by atoms with E-state index in [2.05, 4.69) is 81.5 Å². The quantitative estimate of drug-likeness (QED) is 0.0262. The predicted octanol–water partition coefficient (Wildman–Crippen LogP) is 17.3. The lowest BCUT2D eigenvalue weighted by Gasteiger charge is -2.18. The van der Waals surface area contributed by atoms with Gasteiger partial charge in [-0.2, -0.15) is 0 Å². The molecular formula is C56H98O6. The topological polar surface area (TPSA) is 78.9 Å². The van der Waals surface area contributed by atoms with Gasteiger partial charge < -0.3 is 14.2 Å². The van der Waals surface area contributed by atoms with Crippen LogP contribution in [0.15, 0.2) is 60.8 Å². The molecule has 0 aromatic rings. The zero-order chi connectivity index (χ0) is 45.1. The summed E-state index contributed by atoms with van der Waals surface area (Å²) in [6.45, 7) is 6.47. The number of hydrogen-bond acceptors (Lipinski definition) is 6. The van der Waals surface area contributed by atoms with E-state index in [0.717, 1.165) is 103 Å². The van der Waals surface area contributed by atoms with Crippen molar-refractivity contribution in [2.24, 2.45) is 0 Å². The molecular weight excluding hydrogens is 769 g/mol. The fraction of sp³-hybridized carbons (Fsp3) is 0.768. The molecule has 358 valence electrons. The van der Waals surface area contributed by atoms with Gasteiger partial charge in [-0.05, 0) is 77.0 Å². The van der Waals surface area contributed by atoms with Crippen LogP contribution in [-0.4, -0.2) is 37.2 Å². The molecule has 0 radical (unpaired) electrons. The van der Waals surface area contributed by atoms with Gasteiger partial charge in [-0.1, -0.05) is 223 Å². The van der Waals surface area contributed by atoms with Gasteiger partial charge in [0.25, 0.3) is 0 Å². The van der Waals surface area contributed by atoms with Gasteiger partial charge in [0.1, 0.15) is 13.2 Å². The Morgan fingerprint density at radius 3 is 1.05 bits per heavy atom. The van der Waals surface area contributed by atoms with Crippen molar-refractivity contribution in [3.63, 3.8) is 0 Å². The van der Waals surface area contributed by atoms with Crippen molar-refractivity contribution in [3.05, 3.63) is 60.8 Å². The Labute approximate surface area is 383 Å². The summed E-state index contributed by atoms with van der Waals surface area (Å²) < 4.78 is 16.8. The van der Waals surface area contributed by atoms with E-state index in [1.807, 2.05) is 0 Å². The van der Waals surface area contributed by atoms with Gasteiger partial charge in [0.05, 0.1) is 0 Å². The van der Waals surface area contributed by atoms with Gasteiger partial charge in [-0.25, -0.2) is 0 Å². The van der Waals surface area contributed by atoms with Crippen molar-refractivity contribution < 1.29 is 28.6 Å². The Balaban J connectivity index is 4.39. The number of esters is 3. The molecule has 0 aromatic carbocycles. The first kappa shape index (κ1) is 59.1. The van der Waals surface area contributed by atoms with Crippen molar-refractivity contribution in [1.82, 2.24) is 0 Å². The van der Waals surface area contributed by atoms with Crippen LogP contribution in [0, 0.1) is 0 Å². The number of rotatable bonds is 47. The van der Waals surface area contributed by atoms with Crippen molar-refractivity contribution >= 4 is 17.9 Å². The van der Waals surface area contributed by atoms with E-state index in [4.69, 9.17) is 14.2 Å². The van der Waals surface area contributed by atoms with Gasteiger partial charge in [0.2, 0.25) is 0 Å². The molecule has 0 aliphatic heterocycles. The highest BCUT2D eigenvalue weighted by Gasteiger charge is 2.19. The van der Waals surface area contributed by atoms with Crippen LogP contribution in [0.1, 0.15) is 258 Å². The molecule has 0 saturated heterocycles. The van der Waals surface area contributed by atoms with Crippen LogP contribution in [0.4, 0.5) is 0 Å². The van der Waals surface area contributed by atoms with E-state index in [-0.39, 0.29) is 31.1 Å². The zero-order valence-electron chi connectivity index (χ0n) is 40.9. The molecule has 62 heavy (non-hydrogen) atoms. The van der Waals surface area contributed by atoms with E-state index < -0.39 is 6.10 Å². The molecule has 6 heteroatoms. The summed E-state index contributed by atoms with van der Waals surface area (Å²) in [7, 11) is 0. The maximum atomic E-state index is 12.8. The highest BCUT2D eigenvalue weighted by molar-refractivity contribution is 5.71. The zero-order valence-corrected chi connectivity index (χ0v) is 40.9. The van der Waals surface area contributed by atoms with E-state index in [1.165, 1.54) is 116 Å². The van der Waals surface area contributed by atoms with Gasteiger partial charge in [0.15, 0.2) is 6.10 Å². The van der Waals surface area contributed by atoms with Crippen molar-refractivity contribution in [2.75, 3.05) is 13.2 Å². The average Bonchev–Trinajstić information content (AvgIpc) is 3.27. The molecule has 1 atom stereocenters. The molecule has 0 fully saturated rings. The van der Waals surface area contributed by atoms with Crippen LogP contribution >= 0.6 is 0 Å². The normalized spacial score (nSPS) is 12.5. The molecule has 1 unspecified atom stereocenters. The fourth-order valence-corrected chi connectivity index (χ4v) is 7.30. The van der Waals surface area contributed by atoms with Crippen molar-refractivity contribution in [3.8, 4) is 0 Å². The number of hydrogen-bond donors (Lipinski definition) is 0. The summed E-state index contributed by atoms with van der Waals surface area (Å²) in [5.74, 6) is -0.911. The number of carbonyl (C=O) groups excluding carboxylic acids is 3. The van der Waals surface area contributed by atoms with E-state index in [1.54, 1.807) is 0 Å². The Kier molecular flexibility index (Phi) is 48.4. The van der Waals surface area contributed by atoms with Crippen LogP contribution in [0.25, 0.3) is 0 Å². The summed E-state index contributed by atoms with van der Waals surface area (Å²) in [6, 6.07) is 0. The molecule has 0 heterocycles. The third-order valence-corrected chi connectivity index (χ3v) is 11.3. The van der Waals surface area contributed by atoms with E-state index >= 15 is 0 Å². The summed E-state index contributed by atoms with van der Waals surface area (Å²) in [5, 5.41) is 0. The Hall–Kier alpha value is -2.89. The minimum atomic E-state index is -0.784. The largest absolute Gasteiger partial charge is 0.462 e. The van der Waals surface area contributed by atoms with Gasteiger partial charge in [-0.3, -0.25) is 14.4 Å². The average molecular weight is 867 g/mol. The van der Waals surface area contributed by atoms with Crippen LogP contribution in [0.2, 0.25) is 0 Å². The molecule has 0 N–H and O–H groups in total. The number of unbranched alkanes of at least 4 members (excludes halogenated alkanes) is 26. The third kappa shape index (κ3) is 48.1. The summed E-state index contributed by atoms with van der Waals surface area (Å²) in [6.07, 6.45) is 62.0. The smallest absolute Gasteiger partial charge is 0.306 e. The first-order valence-corrected chi connectivity index (χ1v) is 26.3. The SMILES string of the molecule is CC/C=C\C/C=C\C/C=C\C/C=C\CCCCCCC(=O)OCC(COC(=O)CCCCCCC/C=C\CCCC)OC(=O)CCCCCCCCCCCCCCCCCC. The lowest BCUT2D eigenvalue weighted by Crippen LogP contribution is -2.30. The minimum absolute atomic E-state index is 0.0848. The Morgan fingerprint density at radius 1 is 0.339 bits per heavy atom. The lowest BCUT2D eigenvalue weighted by molar-refractivity contribution is -0.167. The number of allylic oxidation sites excluding steroid dienone is 10. The minimum Gasteiger partial charge on any atom is -0.462 e. The lowest BCUT2D eigenvalue weighted by atomic mass is 10.0. The molecule has 6 nitrogen and oxygen atoms in total. The highest BCUT2D eigenvalue weighted by atomic mass is 16.6. The van der Waals surface area contributed by atoms with Crippen molar-refractivity contribution in [2.45, 2.75) is 264 Å². The van der Waals surface area contributed by atoms with Crippen LogP contribution in [0.5, 0.6) is 0 Å². The summed E-state index contributed by atoms with van der Waals surface area (Å²) >= 11 is 0. The Morgan fingerprint density at radius 2 is 0.645 bits per heavy atom. The Bertz CT molecular complexity index is 1130. The van der Waals surface area contributed by atoms with Gasteiger partial charge >= 0.3 is 17.9 Å². The van der Waals surface area contributed by atoms with E-state index in [9.17, 15) is 14.4 Å². The van der Waals surface area contributed by atoms with Crippen LogP contribution in [0.3, 0.4) is 0 Å². The van der Waals surface area contributed by atoms with Crippen LogP contribution < -0.4 is 0 Å². The molecule has 0 aliphatic rings. The fourth-order valence-electron chi connectivity index (χ4n) is 7.30. The van der Waals surface area contributed by atoms with Gasteiger partial charge in [0, 0.05) is 19.3 Å². The second-order valence-corrected chi connectivity index (χ2v) is 17.4. The van der Waals surface area contributed by atoms with Crippen molar-refractivity contribution in [1.29, 1.82) is 0 Å². The molecule has 0 aromatic heterocycles. The number of carbonyl (C=O) groups is 3. The first-order chi connectivity index (χ1) is 30.5. The molecule has 0 spiro atoms. The summed E-state index contributed by atoms with van der Waals surface area (Å²) in [4.78, 5) is 38.0. The maximum Gasteiger partial charge on any atom is 0.306 e. The van der Waals surface area contributed by atoms with E-state index in [0.29, 0.717) is 19.3 Å². The highest BCUT2D eigenvalue weighted by Crippen LogP contribution is 2.15. The molecule has 0 saturated carbocycles. The predicted molar refractivity (Wildman–Crippen MR) is 265 cm³/mol. The van der Waals surface area contributed by atoms with Gasteiger partial charge in [-0.15, -0.1) is 0 Å². The standard InChI is InChI=1S/C56H98O6/c1-4-7-10-13-16-19-22-24-26-28-30-31-34-37-40-43-46-49-55(58)61-52-53(51-60-54(57)48-45-42-39-36-33-21-18-15-12-9-6-3)62-56(59)50-47-44-41-38-35-32-29-27-25-23-20-17-14-11-8-5-2/h7,10,15-16,18-19,24,26,30-31,53H,4-6,8-9,11-14,17,20-23,25,27-29,32-52H2,1-3H3/b10-7-,18-15-,19-16-,26-24-,31-30-.